The van der Waals surface area contributed by atoms with Gasteiger partial charge in [-0.25, -0.2) is 0 Å². The molecule has 0 aromatic rings. The molecule has 4 N–H and O–H groups in total. The molecule has 0 radical (unpaired) electrons. The summed E-state index contributed by atoms with van der Waals surface area (Å²) in [7, 11) is 0. The maximum Gasteiger partial charge on any atom is 0.259 e. The molecule has 2 amide bonds. The average molecular weight is 511 g/mol. The van der Waals surface area contributed by atoms with Gasteiger partial charge in [-0.1, -0.05) is 32.4 Å². The van der Waals surface area contributed by atoms with Crippen LogP contribution in [0, 0.1) is 47.3 Å². The van der Waals surface area contributed by atoms with Gasteiger partial charge in [-0.3, -0.25) is 19.2 Å². The fraction of sp³-hybridized carbons (Fsp3) is 0.655. The Morgan fingerprint density at radius 3 is 2.62 bits per heavy atom. The number of carbonyl (C=O) groups excluding carboxylic acids is 4. The molecular formula is C29H38N2O6. The number of carbonyl (C=O) groups is 4. The number of aliphatic hydroxyl groups is 2. The van der Waals surface area contributed by atoms with Gasteiger partial charge in [0.15, 0.2) is 5.78 Å². The van der Waals surface area contributed by atoms with E-state index in [9.17, 15) is 29.4 Å². The van der Waals surface area contributed by atoms with Gasteiger partial charge in [-0.15, -0.1) is 0 Å². The molecule has 0 spiro atoms. The van der Waals surface area contributed by atoms with Gasteiger partial charge in [0.1, 0.15) is 23.2 Å². The van der Waals surface area contributed by atoms with E-state index in [1.54, 1.807) is 6.08 Å². The van der Waals surface area contributed by atoms with E-state index < -0.39 is 29.6 Å². The highest BCUT2D eigenvalue weighted by Gasteiger charge is 2.58. The number of nitrogens with one attached hydrogen (secondary N) is 2. The van der Waals surface area contributed by atoms with Crippen LogP contribution >= 0.6 is 0 Å². The Labute approximate surface area is 217 Å². The van der Waals surface area contributed by atoms with Crippen molar-refractivity contribution in [2.24, 2.45) is 47.3 Å². The Kier molecular flexibility index (Phi) is 7.14. The second kappa shape index (κ2) is 10.2. The van der Waals surface area contributed by atoms with E-state index in [1.165, 1.54) is 18.6 Å². The molecule has 2 aliphatic heterocycles. The highest BCUT2D eigenvalue weighted by Crippen LogP contribution is 2.61. The molecule has 10 atom stereocenters. The predicted octanol–water partition coefficient (Wildman–Crippen LogP) is 2.39. The number of amides is 2. The summed E-state index contributed by atoms with van der Waals surface area (Å²) in [4.78, 5) is 51.2. The van der Waals surface area contributed by atoms with Crippen molar-refractivity contribution in [2.45, 2.75) is 64.5 Å². The van der Waals surface area contributed by atoms with Crippen LogP contribution in [0.15, 0.2) is 35.6 Å². The third-order valence-corrected chi connectivity index (χ3v) is 9.99. The first-order valence-corrected chi connectivity index (χ1v) is 13.8. The predicted molar refractivity (Wildman–Crippen MR) is 136 cm³/mol. The van der Waals surface area contributed by atoms with Crippen molar-refractivity contribution in [2.75, 3.05) is 6.54 Å². The number of fused-ring (bicyclic) bond motifs is 7. The van der Waals surface area contributed by atoms with Crippen molar-refractivity contribution in [3.05, 3.63) is 35.6 Å². The summed E-state index contributed by atoms with van der Waals surface area (Å²) in [5, 5.41) is 26.3. The fourth-order valence-electron chi connectivity index (χ4n) is 8.25. The number of hydrogen-bond acceptors (Lipinski definition) is 6. The van der Waals surface area contributed by atoms with E-state index in [-0.39, 0.29) is 53.9 Å². The van der Waals surface area contributed by atoms with Gasteiger partial charge in [0, 0.05) is 18.9 Å². The molecule has 8 heteroatoms. The number of ketones is 2. The molecule has 2 bridgehead atoms. The number of rotatable bonds is 1. The summed E-state index contributed by atoms with van der Waals surface area (Å²) in [6, 6.07) is -1.17. The Balaban J connectivity index is 1.47. The van der Waals surface area contributed by atoms with E-state index in [4.69, 9.17) is 0 Å². The summed E-state index contributed by atoms with van der Waals surface area (Å²) >= 11 is 0. The van der Waals surface area contributed by atoms with Crippen LogP contribution in [0.2, 0.25) is 0 Å². The van der Waals surface area contributed by atoms with Gasteiger partial charge in [0.25, 0.3) is 5.91 Å². The van der Waals surface area contributed by atoms with Crippen molar-refractivity contribution < 1.29 is 29.4 Å². The van der Waals surface area contributed by atoms with E-state index in [0.717, 1.165) is 12.8 Å². The van der Waals surface area contributed by atoms with Crippen LogP contribution < -0.4 is 10.6 Å². The second-order valence-electron chi connectivity index (χ2n) is 11.7. The monoisotopic (exact) mass is 510 g/mol. The van der Waals surface area contributed by atoms with Crippen LogP contribution in [-0.4, -0.2) is 52.3 Å². The van der Waals surface area contributed by atoms with Gasteiger partial charge in [0.05, 0.1) is 6.10 Å². The SMILES string of the molecule is CC[C@H]1C[C@@H]2C[C@@H]3[C@@H]4C/C=C\C(=O)NCCC(O)C5NC(=O)/C(=C(O)/C=C/[C@H]4CC(=O)[C@@H]3[C@@H]2[C@H]1C)C5=O. The average Bonchev–Trinajstić information content (AvgIpc) is 3.48. The molecule has 0 aromatic carbocycles. The standard InChI is InChI=1S/C29H38N2O6/c1-3-15-11-17-12-19-18-5-4-6-23(35)30-10-9-21(33)27-28(36)26(29(37)31-27)20(32)8-7-16(18)13-22(34)25(19)24(17)14(15)2/h4,6-8,14-19,21,24-25,27,32-33H,3,5,9-13H2,1-2H3,(H,30,35)(H,31,37)/b6-4-,8-7+,26-20-/t14-,15-,16-,17+,18+,19+,21?,24+,25+,27?/m0/s1. The molecule has 3 saturated carbocycles. The highest BCUT2D eigenvalue weighted by molar-refractivity contribution is 6.27. The van der Waals surface area contributed by atoms with Gasteiger partial charge in [0.2, 0.25) is 5.91 Å². The van der Waals surface area contributed by atoms with Crippen LogP contribution in [0.25, 0.3) is 0 Å². The minimum atomic E-state index is -1.20. The lowest BCUT2D eigenvalue weighted by Gasteiger charge is -2.40. The first-order valence-electron chi connectivity index (χ1n) is 13.8. The molecule has 1 saturated heterocycles. The van der Waals surface area contributed by atoms with Crippen molar-refractivity contribution in [1.82, 2.24) is 10.6 Å². The number of hydrogen-bond donors (Lipinski definition) is 4. The molecule has 37 heavy (non-hydrogen) atoms. The highest BCUT2D eigenvalue weighted by atomic mass is 16.3. The lowest BCUT2D eigenvalue weighted by Crippen LogP contribution is -2.42. The first-order chi connectivity index (χ1) is 17.7. The summed E-state index contributed by atoms with van der Waals surface area (Å²) in [5.41, 5.74) is -0.372. The molecule has 5 rings (SSSR count). The topological polar surface area (TPSA) is 133 Å². The quantitative estimate of drug-likeness (QED) is 0.401. The van der Waals surface area contributed by atoms with Crippen LogP contribution in [0.1, 0.15) is 52.4 Å². The van der Waals surface area contributed by atoms with Gasteiger partial charge in [-0.2, -0.15) is 0 Å². The van der Waals surface area contributed by atoms with Gasteiger partial charge in [-0.05, 0) is 79.3 Å². The fourth-order valence-corrected chi connectivity index (χ4v) is 8.25. The zero-order chi connectivity index (χ0) is 26.4. The number of allylic oxidation sites excluding steroid dienone is 3. The molecule has 5 aliphatic rings. The summed E-state index contributed by atoms with van der Waals surface area (Å²) in [6.07, 6.45) is 9.70. The molecular weight excluding hydrogens is 472 g/mol. The van der Waals surface area contributed by atoms with E-state index >= 15 is 0 Å². The van der Waals surface area contributed by atoms with Crippen LogP contribution in [0.4, 0.5) is 0 Å². The second-order valence-corrected chi connectivity index (χ2v) is 11.7. The lowest BCUT2D eigenvalue weighted by molar-refractivity contribution is -0.131. The third kappa shape index (κ3) is 4.58. The minimum Gasteiger partial charge on any atom is -0.507 e. The molecule has 4 fully saturated rings. The first kappa shape index (κ1) is 25.9. The number of aliphatic hydroxyl groups excluding tert-OH is 2. The summed E-state index contributed by atoms with van der Waals surface area (Å²) in [6.45, 7) is 4.68. The molecule has 2 unspecified atom stereocenters. The lowest BCUT2D eigenvalue weighted by atomic mass is 9.63. The molecule has 3 aliphatic carbocycles. The zero-order valence-electron chi connectivity index (χ0n) is 21.6. The van der Waals surface area contributed by atoms with Crippen molar-refractivity contribution in [1.29, 1.82) is 0 Å². The Morgan fingerprint density at radius 1 is 1.08 bits per heavy atom. The van der Waals surface area contributed by atoms with Crippen molar-refractivity contribution in [3.63, 3.8) is 0 Å². The van der Waals surface area contributed by atoms with Gasteiger partial charge < -0.3 is 20.8 Å². The smallest absolute Gasteiger partial charge is 0.259 e. The third-order valence-electron chi connectivity index (χ3n) is 9.99. The minimum absolute atomic E-state index is 0.0374. The normalized spacial score (nSPS) is 46.0. The van der Waals surface area contributed by atoms with Crippen LogP contribution in [0.3, 0.4) is 0 Å². The van der Waals surface area contributed by atoms with E-state index in [0.29, 0.717) is 36.5 Å². The summed E-state index contributed by atoms with van der Waals surface area (Å²) in [5.74, 6) is 0.507. The van der Waals surface area contributed by atoms with Crippen molar-refractivity contribution in [3.8, 4) is 0 Å². The Morgan fingerprint density at radius 2 is 1.86 bits per heavy atom. The Hall–Kier alpha value is -2.74. The Bertz CT molecular complexity index is 1080. The molecule has 2 heterocycles. The van der Waals surface area contributed by atoms with Gasteiger partial charge >= 0.3 is 0 Å². The maximum atomic E-state index is 13.5. The number of Topliss-reactive ketones (excluding diaryl/α,β-unsaturated/α-hetero) is 2. The largest absolute Gasteiger partial charge is 0.507 e. The summed E-state index contributed by atoms with van der Waals surface area (Å²) < 4.78 is 0. The maximum absolute atomic E-state index is 13.5. The molecule has 0 aromatic heterocycles. The van der Waals surface area contributed by atoms with E-state index in [1.807, 2.05) is 6.08 Å². The molecule has 200 valence electrons. The van der Waals surface area contributed by atoms with E-state index in [2.05, 4.69) is 24.5 Å². The zero-order valence-corrected chi connectivity index (χ0v) is 21.6. The molecule has 8 nitrogen and oxygen atoms in total. The van der Waals surface area contributed by atoms with Crippen LogP contribution in [-0.2, 0) is 19.2 Å². The van der Waals surface area contributed by atoms with Crippen LogP contribution in [0.5, 0.6) is 0 Å². The van der Waals surface area contributed by atoms with Crippen molar-refractivity contribution >= 4 is 23.4 Å².